The molecule has 52 valence electrons. The third-order valence-electron chi connectivity index (χ3n) is 0.905. The largest absolute Gasteiger partial charge is 0.509 e. The lowest BCUT2D eigenvalue weighted by molar-refractivity contribution is 0.424. The van der Waals surface area contributed by atoms with Crippen molar-refractivity contribution >= 4 is 24.3 Å². The van der Waals surface area contributed by atoms with Crippen molar-refractivity contribution in [3.8, 4) is 0 Å². The predicted octanol–water partition coefficient (Wildman–Crippen LogP) is -1.19. The Bertz CT molecular complexity index is 215. The van der Waals surface area contributed by atoms with Gasteiger partial charge in [-0.15, -0.1) is 0 Å². The summed E-state index contributed by atoms with van der Waals surface area (Å²) in [7, 11) is -1.58. The maximum atomic E-state index is 8.52. The molecule has 0 aliphatic carbocycles. The lowest BCUT2D eigenvalue weighted by Crippen LogP contribution is -2.32. The van der Waals surface area contributed by atoms with E-state index in [-0.39, 0.29) is 10.7 Å². The Morgan fingerprint density at radius 3 is 2.40 bits per heavy atom. The zero-order valence-corrected chi connectivity index (χ0v) is 5.65. The molecular formula is C4H4BClN2O2. The van der Waals surface area contributed by atoms with E-state index >= 15 is 0 Å². The zero-order chi connectivity index (χ0) is 7.56. The van der Waals surface area contributed by atoms with Gasteiger partial charge in [0.05, 0.1) is 11.8 Å². The highest BCUT2D eigenvalue weighted by molar-refractivity contribution is 6.57. The van der Waals surface area contributed by atoms with Gasteiger partial charge in [0.15, 0.2) is 0 Å². The topological polar surface area (TPSA) is 66.2 Å². The van der Waals surface area contributed by atoms with Crippen LogP contribution in [0.25, 0.3) is 0 Å². The van der Waals surface area contributed by atoms with E-state index in [0.717, 1.165) is 0 Å². The second-order valence-electron chi connectivity index (χ2n) is 1.64. The highest BCUT2D eigenvalue weighted by Crippen LogP contribution is 1.95. The van der Waals surface area contributed by atoms with E-state index in [0.29, 0.717) is 0 Å². The summed E-state index contributed by atoms with van der Waals surface area (Å²) < 4.78 is 0. The molecule has 0 atom stereocenters. The molecule has 1 aromatic rings. The van der Waals surface area contributed by atoms with Crippen LogP contribution < -0.4 is 5.59 Å². The quantitative estimate of drug-likeness (QED) is 0.504. The Hall–Kier alpha value is -0.645. The monoisotopic (exact) mass is 158 g/mol. The lowest BCUT2D eigenvalue weighted by atomic mass is 9.87. The molecule has 0 unspecified atom stereocenters. The van der Waals surface area contributed by atoms with E-state index < -0.39 is 7.12 Å². The highest BCUT2D eigenvalue weighted by Gasteiger charge is 2.11. The molecule has 0 fully saturated rings. The number of hydrogen-bond donors (Lipinski definition) is 2. The van der Waals surface area contributed by atoms with Gasteiger partial charge in [0.2, 0.25) is 0 Å². The molecule has 10 heavy (non-hydrogen) atoms. The van der Waals surface area contributed by atoms with Crippen LogP contribution in [0.3, 0.4) is 0 Å². The molecule has 0 aromatic carbocycles. The lowest BCUT2D eigenvalue weighted by Gasteiger charge is -1.94. The summed E-state index contributed by atoms with van der Waals surface area (Å²) in [5, 5.41) is 17.3. The Kier molecular flexibility index (Phi) is 2.21. The van der Waals surface area contributed by atoms with Crippen LogP contribution in [0.2, 0.25) is 5.15 Å². The number of nitrogens with zero attached hydrogens (tertiary/aromatic N) is 2. The molecule has 1 heterocycles. The molecule has 0 radical (unpaired) electrons. The Morgan fingerprint density at radius 1 is 1.30 bits per heavy atom. The Morgan fingerprint density at radius 2 is 2.00 bits per heavy atom. The van der Waals surface area contributed by atoms with Crippen LogP contribution in [0, 0.1) is 0 Å². The van der Waals surface area contributed by atoms with Gasteiger partial charge < -0.3 is 10.0 Å². The van der Waals surface area contributed by atoms with Crippen molar-refractivity contribution in [2.45, 2.75) is 0 Å². The van der Waals surface area contributed by atoms with Gasteiger partial charge in [0.1, 0.15) is 5.15 Å². The Labute approximate surface area is 62.7 Å². The summed E-state index contributed by atoms with van der Waals surface area (Å²) in [5.41, 5.74) is 0.0874. The summed E-state index contributed by atoms with van der Waals surface area (Å²) in [4.78, 5) is 7.17. The van der Waals surface area contributed by atoms with E-state index in [9.17, 15) is 0 Å². The molecule has 6 heteroatoms. The molecule has 0 bridgehead atoms. The summed E-state index contributed by atoms with van der Waals surface area (Å²) in [6, 6.07) is 0. The van der Waals surface area contributed by atoms with Crippen molar-refractivity contribution in [3.05, 3.63) is 17.5 Å². The molecule has 0 aliphatic heterocycles. The minimum absolute atomic E-state index is 0.0874. The second kappa shape index (κ2) is 2.96. The molecule has 4 nitrogen and oxygen atoms in total. The fourth-order valence-corrected chi connectivity index (χ4v) is 0.553. The van der Waals surface area contributed by atoms with Gasteiger partial charge in [-0.3, -0.25) is 4.98 Å². The average molecular weight is 158 g/mol. The molecule has 0 spiro atoms. The molecule has 1 rings (SSSR count). The standard InChI is InChI=1S/C4H4BClN2O2/c6-4-2-7-3(1-8-4)5(9)10/h1-2,9-10H. The van der Waals surface area contributed by atoms with E-state index in [1.54, 1.807) is 0 Å². The first-order valence-electron chi connectivity index (χ1n) is 2.54. The molecule has 0 saturated heterocycles. The molecule has 0 aliphatic rings. The average Bonchev–Trinajstić information content (AvgIpc) is 1.88. The Balaban J connectivity index is 2.89. The van der Waals surface area contributed by atoms with Crippen molar-refractivity contribution in [2.24, 2.45) is 0 Å². The molecule has 1 aromatic heterocycles. The van der Waals surface area contributed by atoms with Crippen LogP contribution in [0.1, 0.15) is 0 Å². The van der Waals surface area contributed by atoms with Crippen LogP contribution in [-0.2, 0) is 0 Å². The van der Waals surface area contributed by atoms with Crippen molar-refractivity contribution in [1.82, 2.24) is 9.97 Å². The fourth-order valence-electron chi connectivity index (χ4n) is 0.456. The highest BCUT2D eigenvalue weighted by atomic mass is 35.5. The predicted molar refractivity (Wildman–Crippen MR) is 36.9 cm³/mol. The minimum atomic E-state index is -1.58. The second-order valence-corrected chi connectivity index (χ2v) is 2.02. The zero-order valence-electron chi connectivity index (χ0n) is 4.90. The van der Waals surface area contributed by atoms with Crippen molar-refractivity contribution < 1.29 is 10.0 Å². The number of rotatable bonds is 1. The molecule has 0 amide bonds. The van der Waals surface area contributed by atoms with Gasteiger partial charge in [0.25, 0.3) is 0 Å². The third-order valence-corrected chi connectivity index (χ3v) is 1.10. The SMILES string of the molecule is OB(O)c1cnc(Cl)cn1. The summed E-state index contributed by atoms with van der Waals surface area (Å²) in [6.07, 6.45) is 2.45. The molecule has 2 N–H and O–H groups in total. The first kappa shape index (κ1) is 7.46. The number of hydrogen-bond acceptors (Lipinski definition) is 4. The number of aromatic nitrogens is 2. The summed E-state index contributed by atoms with van der Waals surface area (Å²) in [6.45, 7) is 0. The van der Waals surface area contributed by atoms with Crippen molar-refractivity contribution in [2.75, 3.05) is 0 Å². The van der Waals surface area contributed by atoms with Crippen LogP contribution >= 0.6 is 11.6 Å². The molecule has 0 saturated carbocycles. The van der Waals surface area contributed by atoms with Crippen LogP contribution in [0.4, 0.5) is 0 Å². The van der Waals surface area contributed by atoms with Gasteiger partial charge >= 0.3 is 7.12 Å². The fraction of sp³-hybridized carbons (Fsp3) is 0. The maximum absolute atomic E-state index is 8.52. The van der Waals surface area contributed by atoms with Gasteiger partial charge in [0, 0.05) is 6.20 Å². The van der Waals surface area contributed by atoms with E-state index in [4.69, 9.17) is 21.6 Å². The number of halogens is 1. The van der Waals surface area contributed by atoms with Gasteiger partial charge in [-0.25, -0.2) is 4.98 Å². The van der Waals surface area contributed by atoms with Gasteiger partial charge in [-0.05, 0) is 0 Å². The molecular weight excluding hydrogens is 154 g/mol. The van der Waals surface area contributed by atoms with Crippen LogP contribution in [-0.4, -0.2) is 27.1 Å². The van der Waals surface area contributed by atoms with Gasteiger partial charge in [-0.2, -0.15) is 0 Å². The maximum Gasteiger partial charge on any atom is 0.509 e. The summed E-state index contributed by atoms with van der Waals surface area (Å²) >= 11 is 5.38. The van der Waals surface area contributed by atoms with Crippen molar-refractivity contribution in [1.29, 1.82) is 0 Å². The van der Waals surface area contributed by atoms with Crippen LogP contribution in [0.5, 0.6) is 0 Å². The first-order valence-corrected chi connectivity index (χ1v) is 2.91. The first-order chi connectivity index (χ1) is 4.70. The normalized spacial score (nSPS) is 9.50. The van der Waals surface area contributed by atoms with Gasteiger partial charge in [-0.1, -0.05) is 11.6 Å². The summed E-state index contributed by atoms with van der Waals surface area (Å²) in [5.74, 6) is 0. The van der Waals surface area contributed by atoms with Crippen molar-refractivity contribution in [3.63, 3.8) is 0 Å². The third kappa shape index (κ3) is 1.67. The van der Waals surface area contributed by atoms with E-state index in [1.807, 2.05) is 0 Å². The smallest absolute Gasteiger partial charge is 0.422 e. The minimum Gasteiger partial charge on any atom is -0.422 e. The van der Waals surface area contributed by atoms with E-state index in [2.05, 4.69) is 9.97 Å². The van der Waals surface area contributed by atoms with E-state index in [1.165, 1.54) is 12.4 Å². The van der Waals surface area contributed by atoms with Crippen LogP contribution in [0.15, 0.2) is 12.4 Å².